The molecule has 3 aliphatic carbocycles. The molecule has 0 amide bonds. The van der Waals surface area contributed by atoms with Crippen molar-refractivity contribution in [1.29, 1.82) is 0 Å². The van der Waals surface area contributed by atoms with Crippen LogP contribution in [0.15, 0.2) is 0 Å². The molecule has 0 bridgehead atoms. The first-order valence-corrected chi connectivity index (χ1v) is 7.74. The number of rotatable bonds is 0. The van der Waals surface area contributed by atoms with E-state index in [9.17, 15) is 0 Å². The molecule has 3 saturated carbocycles. The normalized spacial score (nSPS) is 52.9. The Morgan fingerprint density at radius 3 is 2.44 bits per heavy atom. The lowest BCUT2D eigenvalue weighted by Gasteiger charge is -2.49. The number of fused-ring (bicyclic) bond motifs is 2. The summed E-state index contributed by atoms with van der Waals surface area (Å²) in [5, 5.41) is 0. The van der Waals surface area contributed by atoms with Gasteiger partial charge in [0.1, 0.15) is 0 Å². The molecular formula is C16H28. The molecular weight excluding hydrogens is 192 g/mol. The van der Waals surface area contributed by atoms with Crippen molar-refractivity contribution < 1.29 is 0 Å². The molecule has 3 aliphatic rings. The first-order valence-electron chi connectivity index (χ1n) is 7.74. The number of hydrogen-bond donors (Lipinski definition) is 0. The van der Waals surface area contributed by atoms with Crippen LogP contribution in [0.5, 0.6) is 0 Å². The van der Waals surface area contributed by atoms with E-state index >= 15 is 0 Å². The van der Waals surface area contributed by atoms with Crippen LogP contribution < -0.4 is 0 Å². The van der Waals surface area contributed by atoms with E-state index in [0.717, 1.165) is 35.5 Å². The van der Waals surface area contributed by atoms with Gasteiger partial charge in [-0.05, 0) is 61.2 Å². The molecule has 6 atom stereocenters. The zero-order valence-electron chi connectivity index (χ0n) is 11.1. The van der Waals surface area contributed by atoms with Crippen LogP contribution in [0.2, 0.25) is 0 Å². The summed E-state index contributed by atoms with van der Waals surface area (Å²) in [6.07, 6.45) is 12.4. The third-order valence-electron chi connectivity index (χ3n) is 6.15. The van der Waals surface area contributed by atoms with Crippen molar-refractivity contribution in [2.75, 3.05) is 0 Å². The fourth-order valence-electron chi connectivity index (χ4n) is 5.21. The molecule has 0 heteroatoms. The Balaban J connectivity index is 1.70. The van der Waals surface area contributed by atoms with Gasteiger partial charge >= 0.3 is 0 Å². The van der Waals surface area contributed by atoms with E-state index in [4.69, 9.17) is 0 Å². The Kier molecular flexibility index (Phi) is 3.02. The Morgan fingerprint density at radius 1 is 0.688 bits per heavy atom. The van der Waals surface area contributed by atoms with Gasteiger partial charge in [0.05, 0.1) is 0 Å². The molecule has 0 aromatic carbocycles. The molecule has 0 radical (unpaired) electrons. The summed E-state index contributed by atoms with van der Waals surface area (Å²) in [7, 11) is 0. The van der Waals surface area contributed by atoms with E-state index in [2.05, 4.69) is 13.8 Å². The van der Waals surface area contributed by atoms with Gasteiger partial charge in [-0.3, -0.25) is 0 Å². The monoisotopic (exact) mass is 220 g/mol. The van der Waals surface area contributed by atoms with Gasteiger partial charge in [0.15, 0.2) is 0 Å². The Morgan fingerprint density at radius 2 is 1.56 bits per heavy atom. The molecule has 16 heavy (non-hydrogen) atoms. The van der Waals surface area contributed by atoms with Crippen molar-refractivity contribution in [3.05, 3.63) is 0 Å². The average Bonchev–Trinajstić information content (AvgIpc) is 2.27. The van der Waals surface area contributed by atoms with Gasteiger partial charge in [0.25, 0.3) is 0 Å². The minimum Gasteiger partial charge on any atom is -0.0625 e. The van der Waals surface area contributed by atoms with Crippen molar-refractivity contribution in [2.45, 2.75) is 65.2 Å². The maximum Gasteiger partial charge on any atom is -0.0357 e. The Hall–Kier alpha value is 0. The topological polar surface area (TPSA) is 0 Å². The van der Waals surface area contributed by atoms with Crippen LogP contribution in [0.4, 0.5) is 0 Å². The Labute approximate surface area is 101 Å². The summed E-state index contributed by atoms with van der Waals surface area (Å²) >= 11 is 0. The van der Waals surface area contributed by atoms with Gasteiger partial charge in [0.2, 0.25) is 0 Å². The minimum atomic E-state index is 1.03. The summed E-state index contributed by atoms with van der Waals surface area (Å²) in [6.45, 7) is 5.01. The van der Waals surface area contributed by atoms with Crippen LogP contribution in [0.25, 0.3) is 0 Å². The maximum absolute atomic E-state index is 2.53. The van der Waals surface area contributed by atoms with E-state index in [1.54, 1.807) is 32.1 Å². The molecule has 92 valence electrons. The molecule has 0 N–H and O–H groups in total. The highest BCUT2D eigenvalue weighted by molar-refractivity contribution is 4.92. The van der Waals surface area contributed by atoms with Crippen LogP contribution >= 0.6 is 0 Å². The zero-order chi connectivity index (χ0) is 11.1. The fourth-order valence-corrected chi connectivity index (χ4v) is 5.21. The van der Waals surface area contributed by atoms with Gasteiger partial charge in [-0.2, -0.15) is 0 Å². The van der Waals surface area contributed by atoms with E-state index in [1.165, 1.54) is 19.3 Å². The molecule has 0 aliphatic heterocycles. The first-order chi connectivity index (χ1) is 7.74. The molecule has 0 aromatic rings. The lowest BCUT2D eigenvalue weighted by Crippen LogP contribution is -2.39. The molecule has 3 rings (SSSR count). The summed E-state index contributed by atoms with van der Waals surface area (Å²) in [5.74, 6) is 6.55. The summed E-state index contributed by atoms with van der Waals surface area (Å²) < 4.78 is 0. The molecule has 0 saturated heterocycles. The second-order valence-electron chi connectivity index (χ2n) is 7.24. The highest BCUT2D eigenvalue weighted by Gasteiger charge is 2.42. The van der Waals surface area contributed by atoms with Crippen molar-refractivity contribution in [1.82, 2.24) is 0 Å². The lowest BCUT2D eigenvalue weighted by molar-refractivity contribution is 0.0122. The van der Waals surface area contributed by atoms with Crippen molar-refractivity contribution in [3.8, 4) is 0 Å². The van der Waals surface area contributed by atoms with Gasteiger partial charge in [-0.15, -0.1) is 0 Å². The molecule has 0 heterocycles. The summed E-state index contributed by atoms with van der Waals surface area (Å²) in [5.41, 5.74) is 0. The largest absolute Gasteiger partial charge is 0.0625 e. The van der Waals surface area contributed by atoms with Crippen LogP contribution in [-0.4, -0.2) is 0 Å². The molecule has 6 unspecified atom stereocenters. The van der Waals surface area contributed by atoms with Crippen LogP contribution in [0, 0.1) is 35.5 Å². The molecule has 0 nitrogen and oxygen atoms in total. The predicted octanol–water partition coefficient (Wildman–Crippen LogP) is 4.89. The smallest absolute Gasteiger partial charge is 0.0357 e. The molecule has 3 fully saturated rings. The Bertz CT molecular complexity index is 244. The van der Waals surface area contributed by atoms with E-state index in [-0.39, 0.29) is 0 Å². The molecule has 0 aromatic heterocycles. The third-order valence-corrected chi connectivity index (χ3v) is 6.15. The first kappa shape index (κ1) is 11.1. The average molecular weight is 220 g/mol. The van der Waals surface area contributed by atoms with Crippen LogP contribution in [-0.2, 0) is 0 Å². The van der Waals surface area contributed by atoms with Crippen molar-refractivity contribution in [3.63, 3.8) is 0 Å². The van der Waals surface area contributed by atoms with Crippen LogP contribution in [0.1, 0.15) is 65.2 Å². The van der Waals surface area contributed by atoms with Crippen molar-refractivity contribution in [2.24, 2.45) is 35.5 Å². The SMILES string of the molecule is CC1CCC2CC3C(C)CCCC3CC2C1. The highest BCUT2D eigenvalue weighted by Crippen LogP contribution is 2.52. The standard InChI is InChI=1S/C16H28/c1-11-6-7-13-10-16-12(2)4-3-5-14(16)9-15(13)8-11/h11-16H,3-10H2,1-2H3. The van der Waals surface area contributed by atoms with Gasteiger partial charge in [0, 0.05) is 0 Å². The van der Waals surface area contributed by atoms with Crippen molar-refractivity contribution >= 4 is 0 Å². The fraction of sp³-hybridized carbons (Fsp3) is 1.00. The zero-order valence-corrected chi connectivity index (χ0v) is 11.1. The second-order valence-corrected chi connectivity index (χ2v) is 7.24. The summed E-state index contributed by atoms with van der Waals surface area (Å²) in [4.78, 5) is 0. The maximum atomic E-state index is 2.53. The van der Waals surface area contributed by atoms with Crippen LogP contribution in [0.3, 0.4) is 0 Å². The number of hydrogen-bond acceptors (Lipinski definition) is 0. The minimum absolute atomic E-state index is 1.03. The second kappa shape index (κ2) is 4.35. The highest BCUT2D eigenvalue weighted by atomic mass is 14.5. The lowest BCUT2D eigenvalue weighted by atomic mass is 9.56. The van der Waals surface area contributed by atoms with E-state index in [1.807, 2.05) is 0 Å². The van der Waals surface area contributed by atoms with E-state index in [0.29, 0.717) is 0 Å². The van der Waals surface area contributed by atoms with Gasteiger partial charge < -0.3 is 0 Å². The van der Waals surface area contributed by atoms with Gasteiger partial charge in [-0.1, -0.05) is 39.5 Å². The quantitative estimate of drug-likeness (QED) is 0.545. The predicted molar refractivity (Wildman–Crippen MR) is 69.2 cm³/mol. The van der Waals surface area contributed by atoms with Gasteiger partial charge in [-0.25, -0.2) is 0 Å². The van der Waals surface area contributed by atoms with E-state index < -0.39 is 0 Å². The third kappa shape index (κ3) is 1.93. The summed E-state index contributed by atoms with van der Waals surface area (Å²) in [6, 6.07) is 0. The molecule has 0 spiro atoms.